The molecule has 5 rings (SSSR count). The maximum Gasteiger partial charge on any atom is 0.212 e. The molecule has 1 atom stereocenters. The molecule has 2 aliphatic heterocycles. The van der Waals surface area contributed by atoms with Crippen molar-refractivity contribution in [2.24, 2.45) is 5.18 Å². The molecule has 0 bridgehead atoms. The predicted octanol–water partition coefficient (Wildman–Crippen LogP) is 6.47. The van der Waals surface area contributed by atoms with Crippen molar-refractivity contribution in [3.05, 3.63) is 93.9 Å². The zero-order valence-electron chi connectivity index (χ0n) is 18.4. The van der Waals surface area contributed by atoms with E-state index in [9.17, 15) is 13.7 Å². The Bertz CT molecular complexity index is 1300. The summed E-state index contributed by atoms with van der Waals surface area (Å²) in [4.78, 5) is 13.2. The molecule has 2 aliphatic rings. The first-order valence-corrected chi connectivity index (χ1v) is 10.6. The molecule has 0 aromatic heterocycles. The van der Waals surface area contributed by atoms with Crippen LogP contribution in [0.25, 0.3) is 6.08 Å². The van der Waals surface area contributed by atoms with Crippen molar-refractivity contribution in [3.8, 4) is 11.5 Å². The van der Waals surface area contributed by atoms with Gasteiger partial charge in [0.1, 0.15) is 5.69 Å². The van der Waals surface area contributed by atoms with E-state index in [1.807, 2.05) is 36.4 Å². The van der Waals surface area contributed by atoms with Crippen LogP contribution in [0.4, 0.5) is 20.2 Å². The summed E-state index contributed by atoms with van der Waals surface area (Å²) in [7, 11) is 1.51. The van der Waals surface area contributed by atoms with E-state index in [0.717, 1.165) is 17.3 Å². The molecule has 168 valence electrons. The quantitative estimate of drug-likeness (QED) is 0.429. The van der Waals surface area contributed by atoms with E-state index in [-0.39, 0.29) is 12.2 Å². The van der Waals surface area contributed by atoms with Gasteiger partial charge in [-0.2, -0.15) is 0 Å². The van der Waals surface area contributed by atoms with E-state index in [1.165, 1.54) is 19.2 Å². The molecule has 3 aromatic carbocycles. The molecule has 0 N–H and O–H groups in total. The second-order valence-corrected chi connectivity index (χ2v) is 8.77. The predicted molar refractivity (Wildman–Crippen MR) is 123 cm³/mol. The smallest absolute Gasteiger partial charge is 0.212 e. The fraction of sp³-hybridized carbons (Fsp3) is 0.231. The lowest BCUT2D eigenvalue weighted by molar-refractivity contribution is 0.0493. The molecule has 0 aliphatic carbocycles. The van der Waals surface area contributed by atoms with Gasteiger partial charge in [-0.3, -0.25) is 0 Å². The molecule has 0 amide bonds. The summed E-state index contributed by atoms with van der Waals surface area (Å²) in [6.07, 6.45) is 3.84. The van der Waals surface area contributed by atoms with Gasteiger partial charge < -0.3 is 14.4 Å². The van der Waals surface area contributed by atoms with Gasteiger partial charge in [-0.05, 0) is 66.6 Å². The number of nitroso groups, excluding NO2 is 1. The Hall–Kier alpha value is -3.74. The van der Waals surface area contributed by atoms with Crippen LogP contribution in [0.15, 0.2) is 65.9 Å². The lowest BCUT2D eigenvalue weighted by Gasteiger charge is -2.47. The first-order chi connectivity index (χ1) is 15.8. The van der Waals surface area contributed by atoms with Crippen LogP contribution < -0.4 is 14.4 Å². The molecule has 0 radical (unpaired) electrons. The Morgan fingerprint density at radius 2 is 1.85 bits per heavy atom. The normalized spacial score (nSPS) is 19.7. The van der Waals surface area contributed by atoms with Gasteiger partial charge in [-0.25, -0.2) is 8.78 Å². The molecule has 1 unspecified atom stereocenters. The second-order valence-electron chi connectivity index (χ2n) is 8.77. The van der Waals surface area contributed by atoms with Crippen molar-refractivity contribution in [2.75, 3.05) is 12.0 Å². The third kappa shape index (κ3) is 3.03. The second kappa shape index (κ2) is 7.40. The number of hydrogen-bond donors (Lipinski definition) is 0. The van der Waals surface area contributed by atoms with Crippen LogP contribution in [-0.2, 0) is 12.0 Å². The molecule has 0 fully saturated rings. The number of hydrogen-bond acceptors (Lipinski definition) is 5. The van der Waals surface area contributed by atoms with Crippen LogP contribution >= 0.6 is 0 Å². The SMILES string of the molecule is COc1cc(N=O)cc2c1OC1(C=C2)N(Cc2ccc(F)c(F)c2)c2ccccc2C1(C)C. The highest BCUT2D eigenvalue weighted by atomic mass is 19.2. The molecule has 5 nitrogen and oxygen atoms in total. The minimum absolute atomic E-state index is 0.238. The van der Waals surface area contributed by atoms with E-state index < -0.39 is 22.8 Å². The van der Waals surface area contributed by atoms with E-state index >= 15 is 0 Å². The van der Waals surface area contributed by atoms with Gasteiger partial charge in [0, 0.05) is 23.9 Å². The van der Waals surface area contributed by atoms with Gasteiger partial charge in [0.25, 0.3) is 0 Å². The van der Waals surface area contributed by atoms with Crippen LogP contribution in [0.2, 0.25) is 0 Å². The van der Waals surface area contributed by atoms with Gasteiger partial charge in [0.2, 0.25) is 5.72 Å². The first-order valence-electron chi connectivity index (χ1n) is 10.6. The number of methoxy groups -OCH3 is 1. The van der Waals surface area contributed by atoms with Gasteiger partial charge in [-0.1, -0.05) is 24.3 Å². The highest BCUT2D eigenvalue weighted by Crippen LogP contribution is 2.56. The van der Waals surface area contributed by atoms with Crippen LogP contribution in [0, 0.1) is 16.5 Å². The van der Waals surface area contributed by atoms with Crippen LogP contribution in [0.1, 0.15) is 30.5 Å². The fourth-order valence-corrected chi connectivity index (χ4v) is 4.89. The van der Waals surface area contributed by atoms with E-state index in [0.29, 0.717) is 22.6 Å². The number of halogens is 2. The first kappa shape index (κ1) is 21.1. The van der Waals surface area contributed by atoms with Crippen molar-refractivity contribution in [2.45, 2.75) is 31.5 Å². The van der Waals surface area contributed by atoms with Crippen molar-refractivity contribution in [1.29, 1.82) is 0 Å². The fourth-order valence-electron chi connectivity index (χ4n) is 4.89. The summed E-state index contributed by atoms with van der Waals surface area (Å²) >= 11 is 0. The summed E-state index contributed by atoms with van der Waals surface area (Å²) < 4.78 is 39.8. The third-order valence-electron chi connectivity index (χ3n) is 6.63. The standard InChI is InChI=1S/C26H22F2N2O3/c1-25(2)19-6-4-5-7-22(19)30(15-16-8-9-20(27)21(28)12-16)26(25)11-10-17-13-18(29-31)14-23(32-3)24(17)33-26/h4-14H,15H2,1-3H3. The average Bonchev–Trinajstić information content (AvgIpc) is 2.99. The monoisotopic (exact) mass is 448 g/mol. The lowest BCUT2D eigenvalue weighted by atomic mass is 9.76. The summed E-state index contributed by atoms with van der Waals surface area (Å²) in [6.45, 7) is 4.45. The van der Waals surface area contributed by atoms with Gasteiger partial charge in [0.05, 0.1) is 12.5 Å². The van der Waals surface area contributed by atoms with Crippen molar-refractivity contribution in [1.82, 2.24) is 0 Å². The number of ether oxygens (including phenoxy) is 2. The van der Waals surface area contributed by atoms with E-state index in [2.05, 4.69) is 23.9 Å². The Morgan fingerprint density at radius 1 is 1.06 bits per heavy atom. The van der Waals surface area contributed by atoms with Crippen LogP contribution in [0.3, 0.4) is 0 Å². The Kier molecular flexibility index (Phi) is 4.74. The molecule has 0 saturated heterocycles. The maximum absolute atomic E-state index is 14.0. The Labute approximate surface area is 190 Å². The summed E-state index contributed by atoms with van der Waals surface area (Å²) in [6, 6.07) is 15.0. The van der Waals surface area contributed by atoms with Crippen molar-refractivity contribution < 1.29 is 18.3 Å². The van der Waals surface area contributed by atoms with Crippen LogP contribution in [-0.4, -0.2) is 12.8 Å². The van der Waals surface area contributed by atoms with Crippen LogP contribution in [0.5, 0.6) is 11.5 Å². The minimum atomic E-state index is -0.988. The van der Waals surface area contributed by atoms with Crippen molar-refractivity contribution in [3.63, 3.8) is 0 Å². The zero-order chi connectivity index (χ0) is 23.4. The molecule has 3 aromatic rings. The number of rotatable bonds is 4. The van der Waals surface area contributed by atoms with E-state index in [1.54, 1.807) is 12.1 Å². The average molecular weight is 448 g/mol. The molecule has 0 saturated carbocycles. The summed E-state index contributed by atoms with van der Waals surface area (Å²) in [5, 5.41) is 3.03. The molecule has 2 heterocycles. The number of anilines is 1. The summed E-state index contributed by atoms with van der Waals surface area (Å²) in [5.41, 5.74) is 2.00. The van der Waals surface area contributed by atoms with Gasteiger partial charge in [0.15, 0.2) is 23.1 Å². The lowest BCUT2D eigenvalue weighted by Crippen LogP contribution is -2.59. The number of nitrogens with zero attached hydrogens (tertiary/aromatic N) is 2. The maximum atomic E-state index is 14.0. The molecular formula is C26H22F2N2O3. The summed E-state index contributed by atoms with van der Waals surface area (Å²) in [5.74, 6) is -0.897. The minimum Gasteiger partial charge on any atom is -0.493 e. The zero-order valence-corrected chi connectivity index (χ0v) is 18.4. The Morgan fingerprint density at radius 3 is 2.58 bits per heavy atom. The molecule has 7 heteroatoms. The highest BCUT2D eigenvalue weighted by molar-refractivity contribution is 5.75. The Balaban J connectivity index is 1.68. The molecule has 33 heavy (non-hydrogen) atoms. The number of benzene rings is 3. The topological polar surface area (TPSA) is 51.1 Å². The van der Waals surface area contributed by atoms with Gasteiger partial charge >= 0.3 is 0 Å². The molecule has 1 spiro atoms. The number of fused-ring (bicyclic) bond motifs is 2. The van der Waals surface area contributed by atoms with E-state index in [4.69, 9.17) is 9.47 Å². The highest BCUT2D eigenvalue weighted by Gasteiger charge is 2.59. The molecular weight excluding hydrogens is 426 g/mol. The number of para-hydroxylation sites is 1. The largest absolute Gasteiger partial charge is 0.493 e. The third-order valence-corrected chi connectivity index (χ3v) is 6.63. The van der Waals surface area contributed by atoms with Gasteiger partial charge in [-0.15, -0.1) is 4.91 Å². The van der Waals surface area contributed by atoms with Crippen molar-refractivity contribution >= 4 is 17.5 Å².